The monoisotopic (exact) mass is 198 g/mol. The van der Waals surface area contributed by atoms with Crippen LogP contribution in [0, 0.1) is 0 Å². The summed E-state index contributed by atoms with van der Waals surface area (Å²) in [5.74, 6) is 0. The van der Waals surface area contributed by atoms with Crippen LogP contribution >= 0.6 is 0 Å². The predicted molar refractivity (Wildman–Crippen MR) is 62.1 cm³/mol. The second kappa shape index (κ2) is 2.95. The molecule has 0 spiro atoms. The van der Waals surface area contributed by atoms with E-state index in [2.05, 4.69) is 0 Å². The van der Waals surface area contributed by atoms with Crippen molar-refractivity contribution >= 4 is 21.9 Å². The second-order valence-electron chi connectivity index (χ2n) is 3.42. The van der Waals surface area contributed by atoms with Crippen molar-refractivity contribution in [2.75, 3.05) is 0 Å². The maximum Gasteiger partial charge on any atom is 0.200 e. The topological polar surface area (TPSA) is 30.2 Å². The molecule has 0 saturated carbocycles. The third kappa shape index (κ3) is 1.15. The number of rotatable bonds is 0. The van der Waals surface area contributed by atoms with Crippen molar-refractivity contribution < 1.29 is 5.84 Å². The van der Waals surface area contributed by atoms with E-state index < -0.39 is 0 Å². The van der Waals surface area contributed by atoms with Gasteiger partial charge in [0.25, 0.3) is 0 Å². The highest BCUT2D eigenvalue weighted by atomic mass is 16.3. The smallest absolute Gasteiger partial charge is 0.200 e. The minimum atomic E-state index is 0. The standard InChI is InChI=1S/C13H8O2.H2/c14-13-9-5-1-3-7-11(9)15-12-8-4-2-6-10(12)13;/h1-8H;1H. The first kappa shape index (κ1) is 8.24. The quantitative estimate of drug-likeness (QED) is 0.519. The Labute approximate surface area is 87.2 Å². The average molecular weight is 198 g/mol. The maximum absolute atomic E-state index is 12.0. The Balaban J connectivity index is 0.000000963. The maximum atomic E-state index is 12.0. The van der Waals surface area contributed by atoms with Gasteiger partial charge in [-0.1, -0.05) is 24.3 Å². The summed E-state index contributed by atoms with van der Waals surface area (Å²) in [5, 5.41) is 1.27. The van der Waals surface area contributed by atoms with Gasteiger partial charge in [0.05, 0.1) is 10.8 Å². The summed E-state index contributed by atoms with van der Waals surface area (Å²) in [5.41, 5.74) is 1.31. The Morgan fingerprint density at radius 3 is 1.80 bits per heavy atom. The van der Waals surface area contributed by atoms with Crippen LogP contribution in [0.15, 0.2) is 57.7 Å². The minimum Gasteiger partial charge on any atom is -0.456 e. The lowest BCUT2D eigenvalue weighted by Crippen LogP contribution is -2.01. The molecule has 15 heavy (non-hydrogen) atoms. The number of benzene rings is 2. The number of fused-ring (bicyclic) bond motifs is 2. The third-order valence-corrected chi connectivity index (χ3v) is 2.48. The molecule has 74 valence electrons. The molecule has 2 aromatic carbocycles. The summed E-state index contributed by atoms with van der Waals surface area (Å²) in [6.45, 7) is 0. The Morgan fingerprint density at radius 2 is 1.27 bits per heavy atom. The van der Waals surface area contributed by atoms with Gasteiger partial charge in [-0.05, 0) is 24.3 Å². The van der Waals surface area contributed by atoms with Crippen molar-refractivity contribution in [2.45, 2.75) is 0 Å². The van der Waals surface area contributed by atoms with Crippen molar-refractivity contribution in [3.63, 3.8) is 0 Å². The van der Waals surface area contributed by atoms with Crippen molar-refractivity contribution in [1.82, 2.24) is 0 Å². The van der Waals surface area contributed by atoms with E-state index in [0.29, 0.717) is 21.9 Å². The molecule has 0 aliphatic carbocycles. The lowest BCUT2D eigenvalue weighted by atomic mass is 10.1. The second-order valence-corrected chi connectivity index (χ2v) is 3.42. The van der Waals surface area contributed by atoms with Gasteiger partial charge in [-0.25, -0.2) is 0 Å². The zero-order valence-electron chi connectivity index (χ0n) is 7.94. The molecule has 2 nitrogen and oxygen atoms in total. The molecule has 1 aromatic heterocycles. The summed E-state index contributed by atoms with van der Waals surface area (Å²) in [4.78, 5) is 12.0. The van der Waals surface area contributed by atoms with E-state index in [1.54, 1.807) is 12.1 Å². The molecule has 0 aliphatic heterocycles. The molecule has 3 rings (SSSR count). The lowest BCUT2D eigenvalue weighted by molar-refractivity contribution is 0.660. The minimum absolute atomic E-state index is 0. The van der Waals surface area contributed by atoms with Crippen molar-refractivity contribution in [2.24, 2.45) is 0 Å². The number of para-hydroxylation sites is 2. The summed E-state index contributed by atoms with van der Waals surface area (Å²) in [7, 11) is 0. The zero-order valence-corrected chi connectivity index (χ0v) is 7.94. The van der Waals surface area contributed by atoms with Gasteiger partial charge in [0.1, 0.15) is 11.2 Å². The van der Waals surface area contributed by atoms with E-state index >= 15 is 0 Å². The predicted octanol–water partition coefficient (Wildman–Crippen LogP) is 3.19. The van der Waals surface area contributed by atoms with E-state index in [9.17, 15) is 4.79 Å². The molecule has 0 aliphatic rings. The van der Waals surface area contributed by atoms with Crippen LogP contribution in [0.5, 0.6) is 0 Å². The highest BCUT2D eigenvalue weighted by Gasteiger charge is 2.04. The van der Waals surface area contributed by atoms with E-state index in [1.807, 2.05) is 36.4 Å². The lowest BCUT2D eigenvalue weighted by Gasteiger charge is -1.99. The molecular formula is C13H10O2. The molecule has 1 heterocycles. The zero-order chi connectivity index (χ0) is 10.3. The summed E-state index contributed by atoms with van der Waals surface area (Å²) < 4.78 is 5.63. The molecule has 0 bridgehead atoms. The normalized spacial score (nSPS) is 10.9. The first-order valence-electron chi connectivity index (χ1n) is 4.77. The highest BCUT2D eigenvalue weighted by molar-refractivity contribution is 5.89. The van der Waals surface area contributed by atoms with Gasteiger partial charge in [0.2, 0.25) is 5.43 Å². The summed E-state index contributed by atoms with van der Waals surface area (Å²) in [6.07, 6.45) is 0. The van der Waals surface area contributed by atoms with Crippen molar-refractivity contribution in [3.05, 3.63) is 58.8 Å². The van der Waals surface area contributed by atoms with Gasteiger partial charge in [0.15, 0.2) is 0 Å². The van der Waals surface area contributed by atoms with Gasteiger partial charge in [-0.2, -0.15) is 0 Å². The molecule has 0 radical (unpaired) electrons. The van der Waals surface area contributed by atoms with Gasteiger partial charge in [0, 0.05) is 1.43 Å². The fraction of sp³-hybridized carbons (Fsp3) is 0. The first-order valence-corrected chi connectivity index (χ1v) is 4.77. The molecule has 0 N–H and O–H groups in total. The van der Waals surface area contributed by atoms with Crippen LogP contribution in [0.25, 0.3) is 21.9 Å². The highest BCUT2D eigenvalue weighted by Crippen LogP contribution is 2.17. The fourth-order valence-corrected chi connectivity index (χ4v) is 1.75. The SMILES string of the molecule is O=c1c2ccccc2oc2ccccc12.[HH]. The van der Waals surface area contributed by atoms with Crippen LogP contribution < -0.4 is 5.43 Å². The van der Waals surface area contributed by atoms with Gasteiger partial charge < -0.3 is 4.42 Å². The molecule has 0 saturated heterocycles. The van der Waals surface area contributed by atoms with Crippen LogP contribution in [0.4, 0.5) is 0 Å². The van der Waals surface area contributed by atoms with Gasteiger partial charge in [-0.3, -0.25) is 4.79 Å². The van der Waals surface area contributed by atoms with Crippen LogP contribution in [0.3, 0.4) is 0 Å². The van der Waals surface area contributed by atoms with E-state index in [-0.39, 0.29) is 6.86 Å². The van der Waals surface area contributed by atoms with Gasteiger partial charge >= 0.3 is 0 Å². The van der Waals surface area contributed by atoms with Crippen LogP contribution in [0.2, 0.25) is 0 Å². The molecule has 0 amide bonds. The van der Waals surface area contributed by atoms with Gasteiger partial charge in [-0.15, -0.1) is 0 Å². The Hall–Kier alpha value is -2.09. The number of hydrogen-bond donors (Lipinski definition) is 0. The third-order valence-electron chi connectivity index (χ3n) is 2.48. The fourth-order valence-electron chi connectivity index (χ4n) is 1.75. The van der Waals surface area contributed by atoms with E-state index in [0.717, 1.165) is 0 Å². The van der Waals surface area contributed by atoms with Crippen LogP contribution in [-0.4, -0.2) is 0 Å². The molecular weight excluding hydrogens is 188 g/mol. The molecule has 0 atom stereocenters. The van der Waals surface area contributed by atoms with E-state index in [4.69, 9.17) is 4.42 Å². The molecule has 3 aromatic rings. The largest absolute Gasteiger partial charge is 0.456 e. The van der Waals surface area contributed by atoms with Crippen LogP contribution in [0.1, 0.15) is 1.43 Å². The molecule has 0 fully saturated rings. The average Bonchev–Trinajstić information content (AvgIpc) is 2.30. The van der Waals surface area contributed by atoms with E-state index in [1.165, 1.54) is 0 Å². The Morgan fingerprint density at radius 1 is 0.800 bits per heavy atom. The summed E-state index contributed by atoms with van der Waals surface area (Å²) in [6, 6.07) is 14.6. The van der Waals surface area contributed by atoms with Crippen molar-refractivity contribution in [3.8, 4) is 0 Å². The Bertz CT molecular complexity index is 644. The number of hydrogen-bond acceptors (Lipinski definition) is 2. The van der Waals surface area contributed by atoms with Crippen LogP contribution in [-0.2, 0) is 0 Å². The summed E-state index contributed by atoms with van der Waals surface area (Å²) >= 11 is 0. The van der Waals surface area contributed by atoms with Crippen molar-refractivity contribution in [1.29, 1.82) is 0 Å². The first-order chi connectivity index (χ1) is 7.36. The molecule has 0 unspecified atom stereocenters. The molecule has 2 heteroatoms. The Kier molecular flexibility index (Phi) is 1.62.